The van der Waals surface area contributed by atoms with Crippen LogP contribution in [0.25, 0.3) is 5.65 Å². The number of hydrogen-bond acceptors (Lipinski definition) is 5. The summed E-state index contributed by atoms with van der Waals surface area (Å²) in [5.41, 5.74) is 0.590. The number of nitrogens with one attached hydrogen (secondary N) is 1. The van der Waals surface area contributed by atoms with E-state index in [2.05, 4.69) is 15.3 Å². The molecule has 0 spiro atoms. The Morgan fingerprint density at radius 2 is 2.24 bits per heavy atom. The van der Waals surface area contributed by atoms with Gasteiger partial charge < -0.3 is 4.74 Å². The smallest absolute Gasteiger partial charge is 0.233 e. The molecule has 1 aliphatic rings. The Kier molecular flexibility index (Phi) is 3.15. The van der Waals surface area contributed by atoms with Gasteiger partial charge in [-0.2, -0.15) is 0 Å². The molecule has 2 aromatic heterocycles. The van der Waals surface area contributed by atoms with Gasteiger partial charge in [0, 0.05) is 18.4 Å². The molecule has 1 aliphatic heterocycles. The third-order valence-electron chi connectivity index (χ3n) is 3.66. The molecule has 21 heavy (non-hydrogen) atoms. The van der Waals surface area contributed by atoms with E-state index in [0.29, 0.717) is 24.0 Å². The summed E-state index contributed by atoms with van der Waals surface area (Å²) < 4.78 is 7.02. The van der Waals surface area contributed by atoms with E-state index in [0.717, 1.165) is 0 Å². The van der Waals surface area contributed by atoms with Crippen LogP contribution in [0.5, 0.6) is 5.88 Å². The van der Waals surface area contributed by atoms with Gasteiger partial charge in [-0.15, -0.1) is 10.2 Å². The maximum atomic E-state index is 12.1. The molecule has 0 bridgehead atoms. The van der Waals surface area contributed by atoms with Crippen molar-refractivity contribution >= 4 is 17.5 Å². The van der Waals surface area contributed by atoms with Gasteiger partial charge in [0.2, 0.25) is 17.7 Å². The van der Waals surface area contributed by atoms with E-state index < -0.39 is 6.04 Å². The third-order valence-corrected chi connectivity index (χ3v) is 3.66. The number of amides is 2. The molecule has 2 amide bonds. The molecular formula is C13H17N5O3. The van der Waals surface area contributed by atoms with Gasteiger partial charge in [0.25, 0.3) is 0 Å². The van der Waals surface area contributed by atoms with Crippen LogP contribution in [-0.4, -0.2) is 43.1 Å². The van der Waals surface area contributed by atoms with Gasteiger partial charge in [-0.05, 0) is 13.8 Å². The molecule has 8 nitrogen and oxygen atoms in total. The second-order valence-corrected chi connectivity index (χ2v) is 5.19. The van der Waals surface area contributed by atoms with Crippen LogP contribution in [0.4, 0.5) is 0 Å². The van der Waals surface area contributed by atoms with Gasteiger partial charge in [-0.25, -0.2) is 4.52 Å². The standard InChI is InChI=1S/C13H17N5O3/c1-4-21-10-6-9-14-15-12(18(9)16-10)8(3)17-11(19)5-7(2)13(17)20/h6-8,16H,4-5H2,1-3H3. The molecule has 2 atom stereocenters. The van der Waals surface area contributed by atoms with E-state index in [1.165, 1.54) is 4.90 Å². The first-order valence-electron chi connectivity index (χ1n) is 6.95. The predicted octanol–water partition coefficient (Wildman–Crippen LogP) is 0.912. The van der Waals surface area contributed by atoms with Gasteiger partial charge >= 0.3 is 0 Å². The molecule has 112 valence electrons. The molecule has 0 saturated carbocycles. The summed E-state index contributed by atoms with van der Waals surface area (Å²) in [5.74, 6) is 0.468. The van der Waals surface area contributed by atoms with E-state index in [4.69, 9.17) is 4.74 Å². The quantitative estimate of drug-likeness (QED) is 0.845. The maximum absolute atomic E-state index is 12.1. The van der Waals surface area contributed by atoms with Crippen molar-refractivity contribution in [2.45, 2.75) is 33.2 Å². The van der Waals surface area contributed by atoms with Crippen molar-refractivity contribution in [3.8, 4) is 5.88 Å². The number of rotatable bonds is 4. The van der Waals surface area contributed by atoms with Crippen molar-refractivity contribution in [1.29, 1.82) is 0 Å². The topological polar surface area (TPSA) is 92.6 Å². The lowest BCUT2D eigenvalue weighted by atomic mass is 10.1. The molecule has 3 heterocycles. The number of carbonyl (C=O) groups is 2. The highest BCUT2D eigenvalue weighted by atomic mass is 16.5. The van der Waals surface area contributed by atoms with Gasteiger partial charge in [-0.3, -0.25) is 19.6 Å². The summed E-state index contributed by atoms with van der Waals surface area (Å²) >= 11 is 0. The Hall–Kier alpha value is -2.38. The van der Waals surface area contributed by atoms with Crippen LogP contribution in [0.2, 0.25) is 0 Å². The Balaban J connectivity index is 1.96. The molecule has 0 aromatic carbocycles. The van der Waals surface area contributed by atoms with Crippen molar-refractivity contribution in [2.75, 3.05) is 6.61 Å². The number of likely N-dealkylation sites (tertiary alicyclic amines) is 1. The first-order valence-corrected chi connectivity index (χ1v) is 6.95. The van der Waals surface area contributed by atoms with E-state index >= 15 is 0 Å². The van der Waals surface area contributed by atoms with Crippen molar-refractivity contribution in [2.24, 2.45) is 5.92 Å². The molecule has 0 radical (unpaired) electrons. The molecule has 0 aliphatic carbocycles. The second kappa shape index (κ2) is 4.87. The largest absolute Gasteiger partial charge is 0.478 e. The number of aromatic nitrogens is 4. The van der Waals surface area contributed by atoms with Crippen molar-refractivity contribution < 1.29 is 14.3 Å². The summed E-state index contributed by atoms with van der Waals surface area (Å²) in [6.45, 7) is 5.94. The number of H-pyrrole nitrogens is 1. The highest BCUT2D eigenvalue weighted by Gasteiger charge is 2.40. The van der Waals surface area contributed by atoms with Crippen LogP contribution >= 0.6 is 0 Å². The lowest BCUT2D eigenvalue weighted by Crippen LogP contribution is -2.34. The van der Waals surface area contributed by atoms with Gasteiger partial charge in [0.15, 0.2) is 11.5 Å². The number of nitrogens with zero attached hydrogens (tertiary/aromatic N) is 4. The number of imide groups is 1. The van der Waals surface area contributed by atoms with Crippen LogP contribution in [0.3, 0.4) is 0 Å². The van der Waals surface area contributed by atoms with E-state index in [1.807, 2.05) is 6.92 Å². The number of fused-ring (bicyclic) bond motifs is 1. The zero-order chi connectivity index (χ0) is 15.1. The summed E-state index contributed by atoms with van der Waals surface area (Å²) in [7, 11) is 0. The minimum Gasteiger partial charge on any atom is -0.478 e. The van der Waals surface area contributed by atoms with Gasteiger partial charge in [0.05, 0.1) is 12.6 Å². The monoisotopic (exact) mass is 291 g/mol. The zero-order valence-corrected chi connectivity index (χ0v) is 12.2. The Labute approximate surface area is 121 Å². The fraction of sp³-hybridized carbons (Fsp3) is 0.538. The Morgan fingerprint density at radius 1 is 1.48 bits per heavy atom. The molecule has 1 saturated heterocycles. The third kappa shape index (κ3) is 2.07. The fourth-order valence-electron chi connectivity index (χ4n) is 2.61. The summed E-state index contributed by atoms with van der Waals surface area (Å²) in [5, 5.41) is 11.1. The van der Waals surface area contributed by atoms with Crippen molar-refractivity contribution in [3.63, 3.8) is 0 Å². The van der Waals surface area contributed by atoms with Gasteiger partial charge in [-0.1, -0.05) is 6.92 Å². The summed E-state index contributed by atoms with van der Waals surface area (Å²) in [6, 6.07) is 1.25. The average molecular weight is 291 g/mol. The molecule has 8 heteroatoms. The van der Waals surface area contributed by atoms with Crippen molar-refractivity contribution in [1.82, 2.24) is 24.7 Å². The van der Waals surface area contributed by atoms with Crippen LogP contribution in [0.15, 0.2) is 6.07 Å². The van der Waals surface area contributed by atoms with Crippen LogP contribution in [-0.2, 0) is 9.59 Å². The first-order chi connectivity index (χ1) is 10.0. The molecule has 3 rings (SSSR count). The molecular weight excluding hydrogens is 274 g/mol. The van der Waals surface area contributed by atoms with Crippen LogP contribution in [0.1, 0.15) is 39.1 Å². The molecule has 2 unspecified atom stereocenters. The number of ether oxygens (including phenoxy) is 1. The Bertz CT molecular complexity index is 704. The van der Waals surface area contributed by atoms with Crippen LogP contribution in [0, 0.1) is 5.92 Å². The highest BCUT2D eigenvalue weighted by molar-refractivity contribution is 6.03. The summed E-state index contributed by atoms with van der Waals surface area (Å²) in [4.78, 5) is 25.4. The van der Waals surface area contributed by atoms with E-state index in [1.54, 1.807) is 24.4 Å². The minimum atomic E-state index is -0.474. The highest BCUT2D eigenvalue weighted by Crippen LogP contribution is 2.29. The zero-order valence-electron chi connectivity index (χ0n) is 12.2. The second-order valence-electron chi connectivity index (χ2n) is 5.19. The van der Waals surface area contributed by atoms with Crippen LogP contribution < -0.4 is 4.74 Å². The van der Waals surface area contributed by atoms with Crippen molar-refractivity contribution in [3.05, 3.63) is 11.9 Å². The lowest BCUT2D eigenvalue weighted by molar-refractivity contribution is -0.141. The van der Waals surface area contributed by atoms with E-state index in [-0.39, 0.29) is 24.2 Å². The Morgan fingerprint density at radius 3 is 2.86 bits per heavy atom. The molecule has 1 fully saturated rings. The lowest BCUT2D eigenvalue weighted by Gasteiger charge is -2.20. The SMILES string of the molecule is CCOc1cc2nnc(C(C)N3C(=O)CC(C)C3=O)n2[nH]1. The number of aromatic amines is 1. The fourth-order valence-corrected chi connectivity index (χ4v) is 2.61. The minimum absolute atomic E-state index is 0.166. The summed E-state index contributed by atoms with van der Waals surface area (Å²) in [6.07, 6.45) is 0.250. The first kappa shape index (κ1) is 13.6. The average Bonchev–Trinajstić information content (AvgIpc) is 3.04. The number of carbonyl (C=O) groups excluding carboxylic acids is 2. The normalized spacial score (nSPS) is 20.5. The molecule has 1 N–H and O–H groups in total. The molecule has 2 aromatic rings. The maximum Gasteiger partial charge on any atom is 0.233 e. The van der Waals surface area contributed by atoms with E-state index in [9.17, 15) is 9.59 Å². The van der Waals surface area contributed by atoms with Gasteiger partial charge in [0.1, 0.15) is 0 Å². The predicted molar refractivity (Wildman–Crippen MR) is 72.6 cm³/mol. The number of hydrogen-bond donors (Lipinski definition) is 1.